The molecule has 1 aromatic carbocycles. The van der Waals surface area contributed by atoms with Gasteiger partial charge in [-0.2, -0.15) is 4.99 Å². The Kier molecular flexibility index (Phi) is 5.25. The molecule has 0 aliphatic carbocycles. The number of nitrogens with zero attached hydrogens (tertiary/aromatic N) is 3. The second kappa shape index (κ2) is 7.58. The van der Waals surface area contributed by atoms with E-state index < -0.39 is 0 Å². The van der Waals surface area contributed by atoms with E-state index in [1.54, 1.807) is 0 Å². The fraction of sp³-hybridized carbons (Fsp3) is 0.188. The number of carbonyl (C=O) groups is 3. The highest BCUT2D eigenvalue weighted by Crippen LogP contribution is 2.25. The van der Waals surface area contributed by atoms with Crippen molar-refractivity contribution in [3.05, 3.63) is 35.7 Å². The summed E-state index contributed by atoms with van der Waals surface area (Å²) in [5, 5.41) is 5.34. The van der Waals surface area contributed by atoms with Crippen LogP contribution in [0.15, 0.2) is 40.7 Å². The van der Waals surface area contributed by atoms with Crippen LogP contribution in [0.2, 0.25) is 0 Å². The van der Waals surface area contributed by atoms with Crippen molar-refractivity contribution in [3.8, 4) is 11.3 Å². The number of anilines is 1. The van der Waals surface area contributed by atoms with Gasteiger partial charge in [0.1, 0.15) is 6.54 Å². The minimum atomic E-state index is -0.384. The first-order valence-corrected chi connectivity index (χ1v) is 9.22. The third kappa shape index (κ3) is 4.31. The average molecular weight is 374 g/mol. The first kappa shape index (κ1) is 17.3. The zero-order chi connectivity index (χ0) is 17.8. The van der Waals surface area contributed by atoms with Crippen LogP contribution in [0.25, 0.3) is 11.3 Å². The first-order chi connectivity index (χ1) is 12.0. The molecule has 0 unspecified atom stereocenters. The summed E-state index contributed by atoms with van der Waals surface area (Å²) in [5.74, 6) is -0.893. The molecule has 0 spiro atoms. The van der Waals surface area contributed by atoms with Crippen molar-refractivity contribution in [2.24, 2.45) is 4.99 Å². The van der Waals surface area contributed by atoms with Crippen molar-refractivity contribution < 1.29 is 14.4 Å². The Bertz CT molecular complexity index is 848. The van der Waals surface area contributed by atoms with Gasteiger partial charge in [0, 0.05) is 17.9 Å². The number of benzene rings is 1. The average Bonchev–Trinajstić information content (AvgIpc) is 3.20. The summed E-state index contributed by atoms with van der Waals surface area (Å²) in [6, 6.07) is 9.67. The largest absolute Gasteiger partial charge is 0.301 e. The lowest BCUT2D eigenvalue weighted by Crippen LogP contribution is -2.32. The van der Waals surface area contributed by atoms with Gasteiger partial charge < -0.3 is 5.32 Å². The van der Waals surface area contributed by atoms with Crippen LogP contribution in [0.3, 0.4) is 0 Å². The molecule has 1 aliphatic heterocycles. The maximum absolute atomic E-state index is 12.1. The maximum Gasteiger partial charge on any atom is 0.268 e. The Hall–Kier alpha value is -2.52. The van der Waals surface area contributed by atoms with Gasteiger partial charge in [0.25, 0.3) is 5.91 Å². The standard InChI is InChI=1S/C16H14N4O3S2/c1-10(21)20-7-13(22)19-16(20)25-9-14(23)18-15-17-12(8-24-15)11-5-3-2-4-6-11/h2-6,8H,7,9H2,1H3,(H,17,18,23). The van der Waals surface area contributed by atoms with Crippen molar-refractivity contribution in [2.45, 2.75) is 6.92 Å². The van der Waals surface area contributed by atoms with E-state index in [0.717, 1.165) is 23.0 Å². The molecule has 0 atom stereocenters. The number of aliphatic imine (C=N–C) groups is 1. The Morgan fingerprint density at radius 1 is 1.32 bits per heavy atom. The van der Waals surface area contributed by atoms with Crippen LogP contribution in [0.4, 0.5) is 5.13 Å². The van der Waals surface area contributed by atoms with Crippen molar-refractivity contribution in [2.75, 3.05) is 17.6 Å². The van der Waals surface area contributed by atoms with E-state index in [1.165, 1.54) is 23.2 Å². The molecule has 0 bridgehead atoms. The van der Waals surface area contributed by atoms with Crippen LogP contribution in [0.5, 0.6) is 0 Å². The smallest absolute Gasteiger partial charge is 0.268 e. The predicted octanol–water partition coefficient (Wildman–Crippen LogP) is 2.23. The minimum absolute atomic E-state index is 0.0378. The summed E-state index contributed by atoms with van der Waals surface area (Å²) in [5.41, 5.74) is 1.77. The molecule has 9 heteroatoms. The molecular weight excluding hydrogens is 360 g/mol. The summed E-state index contributed by atoms with van der Waals surface area (Å²) < 4.78 is 0. The second-order valence-electron chi connectivity index (χ2n) is 5.13. The van der Waals surface area contributed by atoms with Gasteiger partial charge in [0.2, 0.25) is 11.8 Å². The van der Waals surface area contributed by atoms with Crippen molar-refractivity contribution in [3.63, 3.8) is 0 Å². The molecule has 3 rings (SSSR count). The van der Waals surface area contributed by atoms with Gasteiger partial charge in [-0.05, 0) is 0 Å². The number of rotatable bonds is 4. The van der Waals surface area contributed by atoms with Crippen molar-refractivity contribution in [1.82, 2.24) is 9.88 Å². The quantitative estimate of drug-likeness (QED) is 0.886. The molecule has 1 N–H and O–H groups in total. The molecule has 7 nitrogen and oxygen atoms in total. The van der Waals surface area contributed by atoms with Gasteiger partial charge in [-0.25, -0.2) is 4.98 Å². The molecule has 25 heavy (non-hydrogen) atoms. The topological polar surface area (TPSA) is 91.7 Å². The van der Waals surface area contributed by atoms with Gasteiger partial charge in [0.15, 0.2) is 10.3 Å². The number of amidine groups is 1. The number of amides is 3. The first-order valence-electron chi connectivity index (χ1n) is 7.36. The highest BCUT2D eigenvalue weighted by molar-refractivity contribution is 8.14. The lowest BCUT2D eigenvalue weighted by Gasteiger charge is -2.13. The molecule has 0 saturated carbocycles. The maximum atomic E-state index is 12.1. The summed E-state index contributed by atoms with van der Waals surface area (Å²) in [7, 11) is 0. The lowest BCUT2D eigenvalue weighted by molar-refractivity contribution is -0.127. The monoisotopic (exact) mass is 374 g/mol. The number of thiazole rings is 1. The molecule has 128 valence electrons. The fourth-order valence-electron chi connectivity index (χ4n) is 2.12. The van der Waals surface area contributed by atoms with Crippen molar-refractivity contribution >= 4 is 51.1 Å². The summed E-state index contributed by atoms with van der Waals surface area (Å²) in [6.45, 7) is 1.29. The van der Waals surface area contributed by atoms with Crippen LogP contribution in [0, 0.1) is 0 Å². The zero-order valence-corrected chi connectivity index (χ0v) is 14.9. The zero-order valence-electron chi connectivity index (χ0n) is 13.3. The number of thioether (sulfide) groups is 1. The Morgan fingerprint density at radius 3 is 2.80 bits per heavy atom. The SMILES string of the molecule is CC(=O)N1CC(=O)N=C1SCC(=O)Nc1nc(-c2ccccc2)cs1. The summed E-state index contributed by atoms with van der Waals surface area (Å²) >= 11 is 2.39. The van der Waals surface area contributed by atoms with Crippen molar-refractivity contribution in [1.29, 1.82) is 0 Å². The van der Waals surface area contributed by atoms with Crippen LogP contribution >= 0.6 is 23.1 Å². The van der Waals surface area contributed by atoms with Gasteiger partial charge in [0.05, 0.1) is 11.4 Å². The van der Waals surface area contributed by atoms with E-state index in [9.17, 15) is 14.4 Å². The Morgan fingerprint density at radius 2 is 2.08 bits per heavy atom. The molecule has 0 saturated heterocycles. The molecule has 2 aromatic rings. The number of hydrogen-bond donors (Lipinski definition) is 1. The molecule has 2 heterocycles. The van der Waals surface area contributed by atoms with Gasteiger partial charge in [-0.1, -0.05) is 42.1 Å². The molecule has 3 amide bonds. The third-order valence-electron chi connectivity index (χ3n) is 3.28. The van der Waals surface area contributed by atoms with Gasteiger partial charge in [-0.3, -0.25) is 19.3 Å². The minimum Gasteiger partial charge on any atom is -0.301 e. The summed E-state index contributed by atoms with van der Waals surface area (Å²) in [4.78, 5) is 44.3. The van der Waals surface area contributed by atoms with Crippen LogP contribution in [-0.2, 0) is 14.4 Å². The van der Waals surface area contributed by atoms with E-state index in [4.69, 9.17) is 0 Å². The predicted molar refractivity (Wildman–Crippen MR) is 98.5 cm³/mol. The second-order valence-corrected chi connectivity index (χ2v) is 6.93. The van der Waals surface area contributed by atoms with E-state index in [-0.39, 0.29) is 35.2 Å². The summed E-state index contributed by atoms with van der Waals surface area (Å²) in [6.07, 6.45) is 0. The fourth-order valence-corrected chi connectivity index (χ4v) is 3.70. The normalized spacial score (nSPS) is 13.7. The third-order valence-corrected chi connectivity index (χ3v) is 5.01. The molecule has 1 aromatic heterocycles. The van der Waals surface area contributed by atoms with E-state index in [1.807, 2.05) is 35.7 Å². The van der Waals surface area contributed by atoms with Gasteiger partial charge >= 0.3 is 0 Å². The molecule has 0 fully saturated rings. The number of carbonyl (C=O) groups excluding carboxylic acids is 3. The molecule has 0 radical (unpaired) electrons. The number of aromatic nitrogens is 1. The van der Waals surface area contributed by atoms with Crippen LogP contribution in [-0.4, -0.2) is 45.1 Å². The van der Waals surface area contributed by atoms with Crippen LogP contribution < -0.4 is 5.32 Å². The van der Waals surface area contributed by atoms with Gasteiger partial charge in [-0.15, -0.1) is 11.3 Å². The highest BCUT2D eigenvalue weighted by atomic mass is 32.2. The van der Waals surface area contributed by atoms with E-state index >= 15 is 0 Å². The number of hydrogen-bond acceptors (Lipinski definition) is 6. The van der Waals surface area contributed by atoms with E-state index in [0.29, 0.717) is 5.13 Å². The molecule has 1 aliphatic rings. The Balaban J connectivity index is 1.57. The lowest BCUT2D eigenvalue weighted by atomic mass is 10.2. The highest BCUT2D eigenvalue weighted by Gasteiger charge is 2.27. The van der Waals surface area contributed by atoms with E-state index in [2.05, 4.69) is 15.3 Å². The number of nitrogens with one attached hydrogen (secondary N) is 1. The Labute approximate surface area is 152 Å². The van der Waals surface area contributed by atoms with Crippen LogP contribution in [0.1, 0.15) is 6.92 Å². The molecular formula is C16H14N4O3S2.